The highest BCUT2D eigenvalue weighted by atomic mass is 16.6. The zero-order valence-corrected chi connectivity index (χ0v) is 22.7. The van der Waals surface area contributed by atoms with E-state index in [0.717, 1.165) is 6.92 Å². The first kappa shape index (κ1) is 28.8. The lowest BCUT2D eigenvalue weighted by atomic mass is 9.75. The molecule has 0 unspecified atom stereocenters. The lowest BCUT2D eigenvalue weighted by molar-refractivity contribution is -0.212. The van der Waals surface area contributed by atoms with E-state index in [1.165, 1.54) is 6.92 Å². The van der Waals surface area contributed by atoms with Crippen LogP contribution in [-0.4, -0.2) is 69.2 Å². The minimum Gasteiger partial charge on any atom is -0.459 e. The molecule has 37 heavy (non-hydrogen) atoms. The van der Waals surface area contributed by atoms with Crippen LogP contribution >= 0.6 is 0 Å². The zero-order chi connectivity index (χ0) is 28.1. The van der Waals surface area contributed by atoms with Crippen LogP contribution in [0.25, 0.3) is 0 Å². The smallest absolute Gasteiger partial charge is 0.341 e. The number of hydrogen-bond acceptors (Lipinski definition) is 10. The van der Waals surface area contributed by atoms with Gasteiger partial charge in [0.2, 0.25) is 0 Å². The molecular formula is C27H38O10. The van der Waals surface area contributed by atoms with Crippen molar-refractivity contribution in [1.82, 2.24) is 0 Å². The van der Waals surface area contributed by atoms with Gasteiger partial charge in [-0.2, -0.15) is 0 Å². The predicted molar refractivity (Wildman–Crippen MR) is 130 cm³/mol. The zero-order valence-electron chi connectivity index (χ0n) is 22.7. The van der Waals surface area contributed by atoms with E-state index < -0.39 is 70.8 Å². The number of ether oxygens (including phenoxy) is 4. The number of allylic oxidation sites excluding steroid dienone is 1. The number of carbonyl (C=O) groups excluding carboxylic acids is 4. The third-order valence-electron chi connectivity index (χ3n) is 8.32. The normalized spacial score (nSPS) is 38.2. The van der Waals surface area contributed by atoms with E-state index in [9.17, 15) is 29.4 Å². The molecule has 206 valence electrons. The Bertz CT molecular complexity index is 1060. The average molecular weight is 523 g/mol. The Kier molecular flexibility index (Phi) is 7.69. The van der Waals surface area contributed by atoms with E-state index in [-0.39, 0.29) is 12.8 Å². The molecule has 1 heterocycles. The molecule has 0 aromatic rings. The molecule has 1 aliphatic heterocycles. The molecule has 10 heteroatoms. The number of carbonyl (C=O) groups is 4. The summed E-state index contributed by atoms with van der Waals surface area (Å²) < 4.78 is 22.9. The lowest BCUT2D eigenvalue weighted by Crippen LogP contribution is -2.64. The maximum atomic E-state index is 12.9. The topological polar surface area (TPSA) is 146 Å². The molecule has 2 N–H and O–H groups in total. The van der Waals surface area contributed by atoms with Gasteiger partial charge in [0.1, 0.15) is 17.8 Å². The van der Waals surface area contributed by atoms with E-state index >= 15 is 0 Å². The van der Waals surface area contributed by atoms with Crippen molar-refractivity contribution < 1.29 is 48.3 Å². The summed E-state index contributed by atoms with van der Waals surface area (Å²) in [5, 5.41) is 23.4. The van der Waals surface area contributed by atoms with Crippen molar-refractivity contribution in [1.29, 1.82) is 0 Å². The van der Waals surface area contributed by atoms with Crippen LogP contribution in [0.4, 0.5) is 0 Å². The highest BCUT2D eigenvalue weighted by molar-refractivity contribution is 5.88. The van der Waals surface area contributed by atoms with Crippen LogP contribution in [-0.2, 0) is 38.1 Å². The van der Waals surface area contributed by atoms with Crippen molar-refractivity contribution in [2.24, 2.45) is 11.8 Å². The monoisotopic (exact) mass is 522 g/mol. The number of fused-ring (bicyclic) bond motifs is 3. The number of aliphatic hydroxyl groups is 2. The van der Waals surface area contributed by atoms with Crippen molar-refractivity contribution in [3.05, 3.63) is 22.8 Å². The summed E-state index contributed by atoms with van der Waals surface area (Å²) in [6.45, 7) is 12.4. The van der Waals surface area contributed by atoms with Crippen LogP contribution in [0.1, 0.15) is 74.7 Å². The van der Waals surface area contributed by atoms with Gasteiger partial charge >= 0.3 is 23.9 Å². The standard InChI is InChI=1S/C27H38O10/c1-9-13(3)22(29)34-18-11-17-20(15(18)5)21-27(33,26(8,32)24(31)36-21)19(35-23(30)14(4)10-2)12-25(17,7)37-16(6)28/h9,14,17-19,21,32-33H,10-12H2,1-8H3/t14-,17-,18+,19-,21+,25-,26-,27-/m1/s1. The first-order valence-electron chi connectivity index (χ1n) is 12.6. The van der Waals surface area contributed by atoms with Crippen molar-refractivity contribution in [2.45, 2.75) is 110 Å². The summed E-state index contributed by atoms with van der Waals surface area (Å²) in [5.74, 6) is -4.06. The van der Waals surface area contributed by atoms with Crippen LogP contribution in [0.5, 0.6) is 0 Å². The predicted octanol–water partition coefficient (Wildman–Crippen LogP) is 2.29. The molecule has 2 aliphatic carbocycles. The third-order valence-corrected chi connectivity index (χ3v) is 8.32. The Balaban J connectivity index is 2.21. The van der Waals surface area contributed by atoms with Gasteiger partial charge in [-0.25, -0.2) is 9.59 Å². The minimum absolute atomic E-state index is 0.173. The number of rotatable bonds is 6. The summed E-state index contributed by atoms with van der Waals surface area (Å²) in [6.07, 6.45) is -1.63. The van der Waals surface area contributed by atoms with Crippen LogP contribution in [0, 0.1) is 11.8 Å². The molecule has 0 aromatic heterocycles. The highest BCUT2D eigenvalue weighted by Gasteiger charge is 2.74. The maximum Gasteiger partial charge on any atom is 0.341 e. The van der Waals surface area contributed by atoms with E-state index in [4.69, 9.17) is 18.9 Å². The van der Waals surface area contributed by atoms with E-state index in [2.05, 4.69) is 0 Å². The third kappa shape index (κ3) is 4.58. The molecule has 3 aliphatic rings. The molecule has 8 atom stereocenters. The van der Waals surface area contributed by atoms with Crippen molar-refractivity contribution >= 4 is 23.9 Å². The van der Waals surface area contributed by atoms with Gasteiger partial charge in [0, 0.05) is 24.8 Å². The van der Waals surface area contributed by atoms with Gasteiger partial charge in [-0.15, -0.1) is 0 Å². The first-order chi connectivity index (χ1) is 17.0. The van der Waals surface area contributed by atoms with Crippen LogP contribution in [0.15, 0.2) is 22.8 Å². The molecule has 0 spiro atoms. The summed E-state index contributed by atoms with van der Waals surface area (Å²) >= 11 is 0. The van der Waals surface area contributed by atoms with Crippen molar-refractivity contribution in [3.8, 4) is 0 Å². The van der Waals surface area contributed by atoms with Crippen molar-refractivity contribution in [3.63, 3.8) is 0 Å². The van der Waals surface area contributed by atoms with Gasteiger partial charge in [0.25, 0.3) is 0 Å². The summed E-state index contributed by atoms with van der Waals surface area (Å²) in [4.78, 5) is 50.5. The Morgan fingerprint density at radius 3 is 2.35 bits per heavy atom. The van der Waals surface area contributed by atoms with E-state index in [1.807, 2.05) is 0 Å². The van der Waals surface area contributed by atoms with Gasteiger partial charge in [0.15, 0.2) is 17.3 Å². The molecule has 2 fully saturated rings. The lowest BCUT2D eigenvalue weighted by Gasteiger charge is -2.41. The second-order valence-corrected chi connectivity index (χ2v) is 10.8. The van der Waals surface area contributed by atoms with E-state index in [1.54, 1.807) is 47.6 Å². The molecular weight excluding hydrogens is 484 g/mol. The molecule has 0 bridgehead atoms. The quantitative estimate of drug-likeness (QED) is 0.231. The molecule has 1 saturated carbocycles. The Morgan fingerprint density at radius 2 is 1.81 bits per heavy atom. The van der Waals surface area contributed by atoms with Gasteiger partial charge < -0.3 is 29.2 Å². The van der Waals surface area contributed by atoms with E-state index in [0.29, 0.717) is 23.1 Å². The van der Waals surface area contributed by atoms with Crippen LogP contribution in [0.2, 0.25) is 0 Å². The number of esters is 4. The summed E-state index contributed by atoms with van der Waals surface area (Å²) in [6, 6.07) is 0. The molecule has 0 amide bonds. The second-order valence-electron chi connectivity index (χ2n) is 10.8. The molecule has 0 radical (unpaired) electrons. The average Bonchev–Trinajstić information content (AvgIpc) is 3.20. The largest absolute Gasteiger partial charge is 0.459 e. The van der Waals surface area contributed by atoms with Gasteiger partial charge in [0.05, 0.1) is 5.92 Å². The van der Waals surface area contributed by atoms with Crippen LogP contribution < -0.4 is 0 Å². The fraction of sp³-hybridized carbons (Fsp3) is 0.704. The molecule has 10 nitrogen and oxygen atoms in total. The second kappa shape index (κ2) is 9.87. The number of hydrogen-bond donors (Lipinski definition) is 2. The molecule has 3 rings (SSSR count). The molecule has 0 aromatic carbocycles. The van der Waals surface area contributed by atoms with Gasteiger partial charge in [-0.3, -0.25) is 9.59 Å². The van der Waals surface area contributed by atoms with Crippen LogP contribution in [0.3, 0.4) is 0 Å². The Hall–Kier alpha value is -2.72. The molecule has 1 saturated heterocycles. The van der Waals surface area contributed by atoms with Gasteiger partial charge in [-0.1, -0.05) is 19.9 Å². The Labute approximate surface area is 217 Å². The fourth-order valence-electron chi connectivity index (χ4n) is 5.60. The first-order valence-corrected chi connectivity index (χ1v) is 12.6. The van der Waals surface area contributed by atoms with Gasteiger partial charge in [-0.05, 0) is 58.6 Å². The Morgan fingerprint density at radius 1 is 1.19 bits per heavy atom. The SMILES string of the molecule is CC=C(C)C(=O)O[C@H]1C[C@@H]2C(=C1C)[C@@H]1OC(=O)[C@@](C)(O)[C@@]1(O)[C@H](OC(=O)[C@H](C)CC)C[C@@]2(C)OC(C)=O. The highest BCUT2D eigenvalue weighted by Crippen LogP contribution is 2.56. The minimum atomic E-state index is -2.45. The van der Waals surface area contributed by atoms with Crippen molar-refractivity contribution in [2.75, 3.05) is 0 Å². The summed E-state index contributed by atoms with van der Waals surface area (Å²) in [5.41, 5.74) is -4.94. The summed E-state index contributed by atoms with van der Waals surface area (Å²) in [7, 11) is 0. The maximum absolute atomic E-state index is 12.9. The fourth-order valence-corrected chi connectivity index (χ4v) is 5.60.